The fraction of sp³-hybridized carbons (Fsp3) is 0.500. The third kappa shape index (κ3) is 3.04. The Hall–Kier alpha value is -1.92. The van der Waals surface area contributed by atoms with Crippen LogP contribution in [-0.2, 0) is 7.05 Å². The molecule has 1 aromatic heterocycles. The molecule has 7 heteroatoms. The Morgan fingerprint density at radius 2 is 1.80 bits per heavy atom. The summed E-state index contributed by atoms with van der Waals surface area (Å²) >= 11 is 0. The molecule has 2 atom stereocenters. The first-order valence-corrected chi connectivity index (χ1v) is 8.53. The highest BCUT2D eigenvalue weighted by atomic mass is 35.5. The van der Waals surface area contributed by atoms with Crippen LogP contribution in [0.25, 0.3) is 10.9 Å². The molecule has 1 aromatic carbocycles. The van der Waals surface area contributed by atoms with E-state index in [1.807, 2.05) is 12.1 Å². The molecule has 2 aromatic rings. The maximum Gasteiger partial charge on any atom is 0.276 e. The van der Waals surface area contributed by atoms with Crippen molar-refractivity contribution in [3.8, 4) is 0 Å². The van der Waals surface area contributed by atoms with Crippen molar-refractivity contribution in [3.63, 3.8) is 0 Å². The van der Waals surface area contributed by atoms with Gasteiger partial charge in [0.25, 0.3) is 5.91 Å². The van der Waals surface area contributed by atoms with Crippen molar-refractivity contribution in [1.82, 2.24) is 20.0 Å². The highest BCUT2D eigenvalue weighted by Crippen LogP contribution is 2.34. The predicted octanol–water partition coefficient (Wildman–Crippen LogP) is 1.71. The van der Waals surface area contributed by atoms with Gasteiger partial charge in [0.2, 0.25) is 5.43 Å². The number of carbonyl (C=O) groups excluding carboxylic acids is 1. The summed E-state index contributed by atoms with van der Waals surface area (Å²) in [6.45, 7) is 0. The van der Waals surface area contributed by atoms with Crippen molar-refractivity contribution in [2.24, 2.45) is 7.05 Å². The Morgan fingerprint density at radius 1 is 1.16 bits per heavy atom. The van der Waals surface area contributed by atoms with Gasteiger partial charge in [0.05, 0.1) is 5.52 Å². The molecule has 0 radical (unpaired) electrons. The average molecular weight is 363 g/mol. The molecule has 1 N–H and O–H groups in total. The van der Waals surface area contributed by atoms with Gasteiger partial charge in [0.15, 0.2) is 5.69 Å². The minimum atomic E-state index is -0.352. The van der Waals surface area contributed by atoms with Crippen LogP contribution in [0.2, 0.25) is 0 Å². The topological polar surface area (TPSA) is 67.2 Å². The fourth-order valence-electron chi connectivity index (χ4n) is 4.26. The number of halogens is 1. The standard InChI is InChI=1S/C18H22N4O2.ClH/c1-21-12-7-8-13(21)10-11(9-12)19-18(24)16-17(23)14-5-3-4-6-15(14)22(2)20-16;/h3-6,11-13H,7-10H2,1-2H3,(H,19,24);1H. The van der Waals surface area contributed by atoms with Gasteiger partial charge in [-0.15, -0.1) is 12.4 Å². The summed E-state index contributed by atoms with van der Waals surface area (Å²) in [5.74, 6) is -0.352. The second kappa shape index (κ2) is 6.77. The van der Waals surface area contributed by atoms with E-state index in [9.17, 15) is 9.59 Å². The predicted molar refractivity (Wildman–Crippen MR) is 99.3 cm³/mol. The zero-order chi connectivity index (χ0) is 16.8. The second-order valence-corrected chi connectivity index (χ2v) is 7.01. The van der Waals surface area contributed by atoms with Gasteiger partial charge in [-0.3, -0.25) is 14.3 Å². The number of nitrogens with zero attached hydrogens (tertiary/aromatic N) is 3. The summed E-state index contributed by atoms with van der Waals surface area (Å²) in [6, 6.07) is 8.45. The van der Waals surface area contributed by atoms with Crippen molar-refractivity contribution in [2.75, 3.05) is 7.05 Å². The summed E-state index contributed by atoms with van der Waals surface area (Å²) < 4.78 is 1.60. The molecule has 6 nitrogen and oxygen atoms in total. The number of fused-ring (bicyclic) bond motifs is 3. The molecule has 2 unspecified atom stereocenters. The Labute approximate surface area is 152 Å². The van der Waals surface area contributed by atoms with Gasteiger partial charge in [-0.1, -0.05) is 12.1 Å². The van der Waals surface area contributed by atoms with Crippen molar-refractivity contribution in [3.05, 3.63) is 40.2 Å². The van der Waals surface area contributed by atoms with Crippen LogP contribution < -0.4 is 10.7 Å². The summed E-state index contributed by atoms with van der Waals surface area (Å²) in [7, 11) is 3.93. The zero-order valence-electron chi connectivity index (χ0n) is 14.4. The van der Waals surface area contributed by atoms with E-state index in [-0.39, 0.29) is 35.5 Å². The van der Waals surface area contributed by atoms with Gasteiger partial charge in [0, 0.05) is 30.6 Å². The molecular weight excluding hydrogens is 340 g/mol. The second-order valence-electron chi connectivity index (χ2n) is 7.01. The van der Waals surface area contributed by atoms with E-state index < -0.39 is 0 Å². The van der Waals surface area contributed by atoms with Crippen molar-refractivity contribution in [1.29, 1.82) is 0 Å². The van der Waals surface area contributed by atoms with E-state index >= 15 is 0 Å². The van der Waals surface area contributed by atoms with Crippen molar-refractivity contribution >= 4 is 29.2 Å². The van der Waals surface area contributed by atoms with Crippen LogP contribution in [0.15, 0.2) is 29.1 Å². The lowest BCUT2D eigenvalue weighted by Gasteiger charge is -2.36. The quantitative estimate of drug-likeness (QED) is 0.883. The van der Waals surface area contributed by atoms with Gasteiger partial charge in [-0.2, -0.15) is 5.10 Å². The molecule has 2 fully saturated rings. The molecule has 2 bridgehead atoms. The maximum absolute atomic E-state index is 12.6. The lowest BCUT2D eigenvalue weighted by atomic mass is 9.98. The Balaban J connectivity index is 0.00000182. The van der Waals surface area contributed by atoms with E-state index in [1.165, 1.54) is 12.8 Å². The molecule has 0 spiro atoms. The van der Waals surface area contributed by atoms with Crippen LogP contribution in [-0.4, -0.2) is 45.8 Å². The number of aryl methyl sites for hydroxylation is 1. The number of benzene rings is 1. The Bertz CT molecular complexity index is 852. The van der Waals surface area contributed by atoms with E-state index in [1.54, 1.807) is 23.9 Å². The lowest BCUT2D eigenvalue weighted by Crippen LogP contribution is -2.49. The normalized spacial score (nSPS) is 25.6. The first-order chi connectivity index (χ1) is 11.5. The largest absolute Gasteiger partial charge is 0.348 e. The first-order valence-electron chi connectivity index (χ1n) is 8.53. The van der Waals surface area contributed by atoms with Gasteiger partial charge in [-0.25, -0.2) is 0 Å². The third-order valence-electron chi connectivity index (χ3n) is 5.61. The number of amides is 1. The van der Waals surface area contributed by atoms with Crippen LogP contribution in [0.3, 0.4) is 0 Å². The number of piperidine rings is 1. The van der Waals surface area contributed by atoms with Gasteiger partial charge in [0.1, 0.15) is 0 Å². The Kier molecular flexibility index (Phi) is 4.84. The van der Waals surface area contributed by atoms with Crippen molar-refractivity contribution < 1.29 is 4.79 Å². The number of hydrogen-bond acceptors (Lipinski definition) is 4. The number of hydrogen-bond donors (Lipinski definition) is 1. The molecule has 2 aliphatic rings. The van der Waals surface area contributed by atoms with Crippen LogP contribution in [0, 0.1) is 0 Å². The molecule has 0 saturated carbocycles. The smallest absolute Gasteiger partial charge is 0.276 e. The molecule has 3 heterocycles. The highest BCUT2D eigenvalue weighted by Gasteiger charge is 2.39. The molecular formula is C18H23ClN4O2. The molecule has 25 heavy (non-hydrogen) atoms. The van der Waals surface area contributed by atoms with Gasteiger partial charge < -0.3 is 10.2 Å². The molecule has 2 aliphatic heterocycles. The summed E-state index contributed by atoms with van der Waals surface area (Å²) in [5.41, 5.74) is 0.427. The summed E-state index contributed by atoms with van der Waals surface area (Å²) in [5, 5.41) is 7.80. The number of rotatable bonds is 2. The van der Waals surface area contributed by atoms with Crippen LogP contribution in [0.1, 0.15) is 36.2 Å². The fourth-order valence-corrected chi connectivity index (χ4v) is 4.26. The van der Waals surface area contributed by atoms with Gasteiger partial charge >= 0.3 is 0 Å². The van der Waals surface area contributed by atoms with Crippen LogP contribution >= 0.6 is 12.4 Å². The van der Waals surface area contributed by atoms with Crippen LogP contribution in [0.5, 0.6) is 0 Å². The minimum absolute atomic E-state index is 0. The molecule has 2 saturated heterocycles. The SMILES string of the molecule is CN1C2CCC1CC(NC(=O)c1nn(C)c3ccccc3c1=O)C2.Cl. The summed E-state index contributed by atoms with van der Waals surface area (Å²) in [6.07, 6.45) is 4.30. The molecule has 0 aliphatic carbocycles. The lowest BCUT2D eigenvalue weighted by molar-refractivity contribution is 0.0874. The number of para-hydroxylation sites is 1. The summed E-state index contributed by atoms with van der Waals surface area (Å²) in [4.78, 5) is 27.7. The molecule has 134 valence electrons. The van der Waals surface area contributed by atoms with Gasteiger partial charge in [-0.05, 0) is 44.9 Å². The van der Waals surface area contributed by atoms with Crippen LogP contribution in [0.4, 0.5) is 0 Å². The van der Waals surface area contributed by atoms with Crippen molar-refractivity contribution in [2.45, 2.75) is 43.8 Å². The Morgan fingerprint density at radius 3 is 2.48 bits per heavy atom. The zero-order valence-corrected chi connectivity index (χ0v) is 15.3. The third-order valence-corrected chi connectivity index (χ3v) is 5.61. The van der Waals surface area contributed by atoms with E-state index in [2.05, 4.69) is 22.4 Å². The van der Waals surface area contributed by atoms with E-state index in [0.717, 1.165) is 18.4 Å². The van der Waals surface area contributed by atoms with E-state index in [0.29, 0.717) is 17.5 Å². The monoisotopic (exact) mass is 362 g/mol. The highest BCUT2D eigenvalue weighted by molar-refractivity contribution is 5.95. The molecule has 4 rings (SSSR count). The number of nitrogens with one attached hydrogen (secondary N) is 1. The minimum Gasteiger partial charge on any atom is -0.348 e. The molecule has 1 amide bonds. The first kappa shape index (κ1) is 17.9. The average Bonchev–Trinajstić information content (AvgIpc) is 2.80. The number of aromatic nitrogens is 2. The maximum atomic E-state index is 12.6. The number of carbonyl (C=O) groups is 1. The van der Waals surface area contributed by atoms with E-state index in [4.69, 9.17) is 0 Å².